The van der Waals surface area contributed by atoms with Gasteiger partial charge in [0.05, 0.1) is 29.2 Å². The van der Waals surface area contributed by atoms with Crippen molar-refractivity contribution >= 4 is 45.9 Å². The van der Waals surface area contributed by atoms with Crippen LogP contribution in [0.4, 0.5) is 17.1 Å². The Morgan fingerprint density at radius 1 is 1.36 bits per heavy atom. The molecule has 25 heavy (non-hydrogen) atoms. The molecule has 1 unspecified atom stereocenters. The van der Waals surface area contributed by atoms with Crippen molar-refractivity contribution in [3.05, 3.63) is 23.4 Å². The van der Waals surface area contributed by atoms with Crippen LogP contribution < -0.4 is 11.1 Å². The summed E-state index contributed by atoms with van der Waals surface area (Å²) >= 11 is 0. The number of nitrogen functional groups attached to an aromatic ring is 1. The van der Waals surface area contributed by atoms with E-state index in [0.29, 0.717) is 29.0 Å². The SMILES string of the molecule is CCC(C)C(=O)Nc1cc(N)c2c3c(cc(C(=O)CCO)nc13)C=N2. The minimum atomic E-state index is -0.265. The molecule has 0 saturated carbocycles. The molecule has 1 aromatic heterocycles. The zero-order valence-electron chi connectivity index (χ0n) is 14.2. The average molecular weight is 340 g/mol. The van der Waals surface area contributed by atoms with E-state index < -0.39 is 0 Å². The van der Waals surface area contributed by atoms with Gasteiger partial charge in [-0.3, -0.25) is 14.6 Å². The fraction of sp³-hybridized carbons (Fsp3) is 0.333. The maximum absolute atomic E-state index is 12.3. The van der Waals surface area contributed by atoms with E-state index >= 15 is 0 Å². The number of amides is 1. The summed E-state index contributed by atoms with van der Waals surface area (Å²) in [4.78, 5) is 33.2. The van der Waals surface area contributed by atoms with Gasteiger partial charge in [-0.1, -0.05) is 13.8 Å². The zero-order chi connectivity index (χ0) is 18.1. The molecule has 2 heterocycles. The maximum atomic E-state index is 12.3. The van der Waals surface area contributed by atoms with Crippen molar-refractivity contribution in [3.8, 4) is 0 Å². The lowest BCUT2D eigenvalue weighted by molar-refractivity contribution is -0.119. The fourth-order valence-electron chi connectivity index (χ4n) is 2.73. The standard InChI is InChI=1S/C18H20N4O3/c1-3-9(2)18(25)22-13-7-11(19)16-15-10(8-20-16)6-12(21-17(13)15)14(24)4-5-23/h6-9,23H,3-5,19H2,1-2H3,(H,22,25). The van der Waals surface area contributed by atoms with Gasteiger partial charge in [0.2, 0.25) is 5.91 Å². The first-order valence-electron chi connectivity index (χ1n) is 8.22. The van der Waals surface area contributed by atoms with E-state index in [1.54, 1.807) is 18.3 Å². The van der Waals surface area contributed by atoms with Crippen molar-refractivity contribution in [3.63, 3.8) is 0 Å². The van der Waals surface area contributed by atoms with E-state index in [0.717, 1.165) is 10.9 Å². The van der Waals surface area contributed by atoms with Gasteiger partial charge in [-0.05, 0) is 18.6 Å². The zero-order valence-corrected chi connectivity index (χ0v) is 14.2. The number of nitrogens with zero attached hydrogens (tertiary/aromatic N) is 2. The van der Waals surface area contributed by atoms with Gasteiger partial charge in [0.15, 0.2) is 5.78 Å². The largest absolute Gasteiger partial charge is 0.397 e. The molecule has 1 amide bonds. The molecule has 130 valence electrons. The lowest BCUT2D eigenvalue weighted by Crippen LogP contribution is -2.20. The van der Waals surface area contributed by atoms with Crippen molar-refractivity contribution in [2.75, 3.05) is 17.7 Å². The van der Waals surface area contributed by atoms with Crippen molar-refractivity contribution in [2.24, 2.45) is 10.9 Å². The Kier molecular flexibility index (Phi) is 4.50. The molecule has 1 aliphatic rings. The first kappa shape index (κ1) is 17.0. The fourth-order valence-corrected chi connectivity index (χ4v) is 2.73. The number of hydrogen-bond donors (Lipinski definition) is 3. The molecule has 4 N–H and O–H groups in total. The number of carbonyl (C=O) groups excluding carboxylic acids is 2. The molecule has 1 aromatic carbocycles. The molecule has 2 aromatic rings. The molecular formula is C18H20N4O3. The molecule has 1 aliphatic heterocycles. The minimum Gasteiger partial charge on any atom is -0.397 e. The number of Topliss-reactive ketones (excluding diaryl/α,β-unsaturated/α-hetero) is 1. The lowest BCUT2D eigenvalue weighted by atomic mass is 10.0. The summed E-state index contributed by atoms with van der Waals surface area (Å²) in [6, 6.07) is 3.26. The monoisotopic (exact) mass is 340 g/mol. The highest BCUT2D eigenvalue weighted by Gasteiger charge is 2.22. The Morgan fingerprint density at radius 3 is 2.80 bits per heavy atom. The highest BCUT2D eigenvalue weighted by atomic mass is 16.3. The Balaban J connectivity index is 2.16. The van der Waals surface area contributed by atoms with Gasteiger partial charge in [-0.25, -0.2) is 4.98 Å². The lowest BCUT2D eigenvalue weighted by Gasteiger charge is -2.14. The Bertz CT molecular complexity index is 905. The number of anilines is 2. The summed E-state index contributed by atoms with van der Waals surface area (Å²) in [5, 5.41) is 12.6. The van der Waals surface area contributed by atoms with E-state index in [2.05, 4.69) is 15.3 Å². The molecular weight excluding hydrogens is 320 g/mol. The van der Waals surface area contributed by atoms with Crippen LogP contribution in [0.3, 0.4) is 0 Å². The first-order chi connectivity index (χ1) is 12.0. The summed E-state index contributed by atoms with van der Waals surface area (Å²) < 4.78 is 0. The molecule has 3 rings (SSSR count). The number of hydrogen-bond acceptors (Lipinski definition) is 6. The predicted octanol–water partition coefficient (Wildman–Crippen LogP) is 2.43. The number of aliphatic hydroxyl groups is 1. The summed E-state index contributed by atoms with van der Waals surface area (Å²) in [5.41, 5.74) is 9.02. The van der Waals surface area contributed by atoms with Gasteiger partial charge in [0.25, 0.3) is 0 Å². The van der Waals surface area contributed by atoms with Gasteiger partial charge in [0, 0.05) is 29.5 Å². The van der Waals surface area contributed by atoms with Crippen LogP contribution in [0.1, 0.15) is 42.7 Å². The van der Waals surface area contributed by atoms with Crippen LogP contribution in [-0.4, -0.2) is 34.6 Å². The second-order valence-corrected chi connectivity index (χ2v) is 6.14. The maximum Gasteiger partial charge on any atom is 0.227 e. The number of ketones is 1. The third-order valence-corrected chi connectivity index (χ3v) is 4.39. The number of aliphatic imine (C=N–C) groups is 1. The summed E-state index contributed by atoms with van der Waals surface area (Å²) in [6.45, 7) is 3.53. The van der Waals surface area contributed by atoms with Crippen LogP contribution in [0.25, 0.3) is 10.9 Å². The van der Waals surface area contributed by atoms with Gasteiger partial charge in [-0.2, -0.15) is 0 Å². The van der Waals surface area contributed by atoms with Crippen LogP contribution in [0, 0.1) is 5.92 Å². The van der Waals surface area contributed by atoms with Crippen LogP contribution in [-0.2, 0) is 4.79 Å². The van der Waals surface area contributed by atoms with Crippen molar-refractivity contribution in [1.29, 1.82) is 0 Å². The van der Waals surface area contributed by atoms with Gasteiger partial charge >= 0.3 is 0 Å². The number of nitrogens with two attached hydrogens (primary N) is 1. The Labute approximate surface area is 145 Å². The highest BCUT2D eigenvalue weighted by Crippen LogP contribution is 2.41. The normalized spacial score (nSPS) is 13.2. The Hall–Kier alpha value is -2.80. The summed E-state index contributed by atoms with van der Waals surface area (Å²) in [7, 11) is 0. The van der Waals surface area contributed by atoms with Gasteiger partial charge in [-0.15, -0.1) is 0 Å². The third kappa shape index (κ3) is 2.98. The molecule has 0 radical (unpaired) electrons. The minimum absolute atomic E-state index is 0.00845. The number of pyridine rings is 1. The Morgan fingerprint density at radius 2 is 2.12 bits per heavy atom. The number of benzene rings is 1. The molecule has 7 heteroatoms. The quantitative estimate of drug-likeness (QED) is 0.470. The number of nitrogens with one attached hydrogen (secondary N) is 1. The molecule has 0 fully saturated rings. The predicted molar refractivity (Wildman–Crippen MR) is 97.5 cm³/mol. The van der Waals surface area contributed by atoms with E-state index in [4.69, 9.17) is 10.8 Å². The molecule has 1 atom stereocenters. The number of rotatable bonds is 6. The number of carbonyl (C=O) groups is 2. The number of aromatic nitrogens is 1. The summed E-state index contributed by atoms with van der Waals surface area (Å²) in [5.74, 6) is -0.555. The van der Waals surface area contributed by atoms with Crippen LogP contribution in [0.2, 0.25) is 0 Å². The van der Waals surface area contributed by atoms with Crippen molar-refractivity contribution in [2.45, 2.75) is 26.7 Å². The third-order valence-electron chi connectivity index (χ3n) is 4.39. The second kappa shape index (κ2) is 6.60. The van der Waals surface area contributed by atoms with Gasteiger partial charge in [0.1, 0.15) is 5.69 Å². The molecule has 0 spiro atoms. The average Bonchev–Trinajstić information content (AvgIpc) is 3.03. The topological polar surface area (TPSA) is 118 Å². The van der Waals surface area contributed by atoms with E-state index in [1.807, 2.05) is 13.8 Å². The van der Waals surface area contributed by atoms with Crippen LogP contribution in [0.15, 0.2) is 17.1 Å². The molecule has 0 bridgehead atoms. The molecule has 0 aliphatic carbocycles. The van der Waals surface area contributed by atoms with Gasteiger partial charge < -0.3 is 16.2 Å². The highest BCUT2D eigenvalue weighted by molar-refractivity contribution is 6.18. The van der Waals surface area contributed by atoms with E-state index in [1.165, 1.54) is 0 Å². The molecule has 0 saturated heterocycles. The smallest absolute Gasteiger partial charge is 0.227 e. The summed E-state index contributed by atoms with van der Waals surface area (Å²) in [6.07, 6.45) is 2.33. The van der Waals surface area contributed by atoms with Crippen molar-refractivity contribution in [1.82, 2.24) is 4.98 Å². The first-order valence-corrected chi connectivity index (χ1v) is 8.22. The second-order valence-electron chi connectivity index (χ2n) is 6.14. The van der Waals surface area contributed by atoms with E-state index in [-0.39, 0.29) is 36.3 Å². The molecule has 7 nitrogen and oxygen atoms in total. The van der Waals surface area contributed by atoms with E-state index in [9.17, 15) is 9.59 Å². The van der Waals surface area contributed by atoms with Crippen LogP contribution >= 0.6 is 0 Å². The van der Waals surface area contributed by atoms with Crippen molar-refractivity contribution < 1.29 is 14.7 Å². The van der Waals surface area contributed by atoms with Crippen LogP contribution in [0.5, 0.6) is 0 Å². The number of aliphatic hydroxyl groups excluding tert-OH is 1.